The minimum atomic E-state index is -1.76. The molecule has 0 spiro atoms. The maximum Gasteiger partial charge on any atom is 0.352 e. The molecule has 48 valence electrons. The van der Waals surface area contributed by atoms with Crippen LogP contribution in [0.15, 0.2) is 0 Å². The topological polar surface area (TPSA) is 98.6 Å². The smallest absolute Gasteiger partial charge is 0.352 e. The van der Waals surface area contributed by atoms with Crippen LogP contribution in [0.3, 0.4) is 0 Å². The van der Waals surface area contributed by atoms with Crippen molar-refractivity contribution in [1.29, 1.82) is 0 Å². The Hall–Kier alpha value is -0.650. The molecule has 8 heavy (non-hydrogen) atoms. The van der Waals surface area contributed by atoms with Crippen molar-refractivity contribution in [2.24, 2.45) is 11.6 Å². The SMILES string of the molecule is C[C@@](N)(ON)C(=O)O. The summed E-state index contributed by atoms with van der Waals surface area (Å²) in [6.07, 6.45) is 0. The molecule has 0 radical (unpaired) electrons. The summed E-state index contributed by atoms with van der Waals surface area (Å²) in [4.78, 5) is 13.8. The average molecular weight is 120 g/mol. The van der Waals surface area contributed by atoms with Gasteiger partial charge in [-0.3, -0.25) is 10.6 Å². The number of hydrogen-bond donors (Lipinski definition) is 3. The molecule has 0 fully saturated rings. The third-order valence-corrected chi connectivity index (χ3v) is 0.669. The fourth-order valence-electron chi connectivity index (χ4n) is 0.0504. The Balaban J connectivity index is 3.91. The first kappa shape index (κ1) is 7.35. The zero-order chi connectivity index (χ0) is 6.78. The summed E-state index contributed by atoms with van der Waals surface area (Å²) in [7, 11) is 0. The highest BCUT2D eigenvalue weighted by Crippen LogP contribution is 1.94. The van der Waals surface area contributed by atoms with Gasteiger partial charge in [0.2, 0.25) is 5.72 Å². The van der Waals surface area contributed by atoms with E-state index >= 15 is 0 Å². The Morgan fingerprint density at radius 3 is 2.25 bits per heavy atom. The summed E-state index contributed by atoms with van der Waals surface area (Å²) in [5.41, 5.74) is 3.15. The Morgan fingerprint density at radius 1 is 1.88 bits per heavy atom. The number of carboxylic acids is 1. The van der Waals surface area contributed by atoms with Gasteiger partial charge in [0.1, 0.15) is 0 Å². The second-order valence-electron chi connectivity index (χ2n) is 1.53. The summed E-state index contributed by atoms with van der Waals surface area (Å²) in [5.74, 6) is 3.21. The van der Waals surface area contributed by atoms with Crippen LogP contribution in [0.25, 0.3) is 0 Å². The predicted molar refractivity (Wildman–Crippen MR) is 25.5 cm³/mol. The first-order chi connectivity index (χ1) is 3.50. The van der Waals surface area contributed by atoms with Crippen molar-refractivity contribution in [3.63, 3.8) is 0 Å². The van der Waals surface area contributed by atoms with Gasteiger partial charge < -0.3 is 5.11 Å². The van der Waals surface area contributed by atoms with Gasteiger partial charge in [0.15, 0.2) is 0 Å². The van der Waals surface area contributed by atoms with Crippen molar-refractivity contribution >= 4 is 5.97 Å². The molecule has 5 N–H and O–H groups in total. The molecule has 0 saturated heterocycles. The lowest BCUT2D eigenvalue weighted by Gasteiger charge is -2.14. The highest BCUT2D eigenvalue weighted by Gasteiger charge is 2.27. The van der Waals surface area contributed by atoms with E-state index in [9.17, 15) is 4.79 Å². The molecule has 0 aromatic heterocycles. The maximum atomic E-state index is 9.92. The lowest BCUT2D eigenvalue weighted by atomic mass is 10.3. The van der Waals surface area contributed by atoms with Gasteiger partial charge in [0.25, 0.3) is 0 Å². The summed E-state index contributed by atoms with van der Waals surface area (Å²) in [5, 5.41) is 8.11. The van der Waals surface area contributed by atoms with E-state index in [-0.39, 0.29) is 0 Å². The normalized spacial score (nSPS) is 17.4. The minimum Gasteiger partial charge on any atom is -0.478 e. The molecule has 0 rings (SSSR count). The molecule has 0 heterocycles. The van der Waals surface area contributed by atoms with Crippen molar-refractivity contribution in [2.75, 3.05) is 0 Å². The summed E-state index contributed by atoms with van der Waals surface area (Å²) >= 11 is 0. The molecule has 0 aromatic rings. The van der Waals surface area contributed by atoms with Gasteiger partial charge in [0, 0.05) is 0 Å². The second-order valence-corrected chi connectivity index (χ2v) is 1.53. The molecule has 0 saturated carbocycles. The van der Waals surface area contributed by atoms with Crippen LogP contribution in [0.1, 0.15) is 6.92 Å². The van der Waals surface area contributed by atoms with Crippen LogP contribution < -0.4 is 11.6 Å². The van der Waals surface area contributed by atoms with Gasteiger partial charge in [-0.1, -0.05) is 0 Å². The van der Waals surface area contributed by atoms with Gasteiger partial charge in [-0.05, 0) is 6.92 Å². The molecule has 0 aromatic carbocycles. The molecular weight excluding hydrogens is 112 g/mol. The van der Waals surface area contributed by atoms with Crippen LogP contribution in [0, 0.1) is 0 Å². The number of nitrogens with two attached hydrogens (primary N) is 2. The van der Waals surface area contributed by atoms with Crippen LogP contribution in [0.5, 0.6) is 0 Å². The molecule has 0 aliphatic rings. The Kier molecular flexibility index (Phi) is 1.91. The third-order valence-electron chi connectivity index (χ3n) is 0.669. The number of carboxylic acid groups (broad SMARTS) is 1. The minimum absolute atomic E-state index is 1.15. The summed E-state index contributed by atoms with van der Waals surface area (Å²) in [6.45, 7) is 1.15. The van der Waals surface area contributed by atoms with Gasteiger partial charge in [-0.2, -0.15) is 0 Å². The van der Waals surface area contributed by atoms with Crippen LogP contribution in [0.2, 0.25) is 0 Å². The Morgan fingerprint density at radius 2 is 2.25 bits per heavy atom. The van der Waals surface area contributed by atoms with Crippen LogP contribution >= 0.6 is 0 Å². The van der Waals surface area contributed by atoms with E-state index in [1.807, 2.05) is 0 Å². The summed E-state index contributed by atoms with van der Waals surface area (Å²) in [6, 6.07) is 0. The third kappa shape index (κ3) is 1.45. The molecule has 5 heteroatoms. The second kappa shape index (κ2) is 2.08. The molecular formula is C3H8N2O3. The fourth-order valence-corrected chi connectivity index (χ4v) is 0.0504. The zero-order valence-electron chi connectivity index (χ0n) is 4.42. The lowest BCUT2D eigenvalue weighted by molar-refractivity contribution is -0.163. The highest BCUT2D eigenvalue weighted by molar-refractivity contribution is 5.75. The van der Waals surface area contributed by atoms with E-state index in [4.69, 9.17) is 10.8 Å². The van der Waals surface area contributed by atoms with Gasteiger partial charge in [-0.15, -0.1) is 0 Å². The molecule has 1 atom stereocenters. The van der Waals surface area contributed by atoms with E-state index in [1.54, 1.807) is 0 Å². The molecule has 0 aliphatic carbocycles. The molecule has 5 nitrogen and oxygen atoms in total. The number of rotatable bonds is 2. The number of hydrogen-bond acceptors (Lipinski definition) is 4. The first-order valence-electron chi connectivity index (χ1n) is 1.91. The number of aliphatic carboxylic acids is 1. The predicted octanol–water partition coefficient (Wildman–Crippen LogP) is -1.36. The lowest BCUT2D eigenvalue weighted by Crippen LogP contribution is -2.49. The van der Waals surface area contributed by atoms with Crippen molar-refractivity contribution < 1.29 is 14.7 Å². The van der Waals surface area contributed by atoms with Crippen molar-refractivity contribution in [2.45, 2.75) is 12.6 Å². The standard InChI is InChI=1S/C3H8N2O3/c1-3(4,8-5)2(6)7/h4-5H2,1H3,(H,6,7)/t3-/m1/s1. The summed E-state index contributed by atoms with van der Waals surface area (Å²) < 4.78 is 0. The largest absolute Gasteiger partial charge is 0.478 e. The van der Waals surface area contributed by atoms with E-state index in [1.165, 1.54) is 0 Å². The van der Waals surface area contributed by atoms with Crippen molar-refractivity contribution in [1.82, 2.24) is 0 Å². The maximum absolute atomic E-state index is 9.92. The molecule has 0 unspecified atom stereocenters. The highest BCUT2D eigenvalue weighted by atomic mass is 16.7. The molecule has 0 aliphatic heterocycles. The van der Waals surface area contributed by atoms with Crippen molar-refractivity contribution in [3.05, 3.63) is 0 Å². The first-order valence-corrected chi connectivity index (χ1v) is 1.91. The van der Waals surface area contributed by atoms with E-state index in [0.717, 1.165) is 6.92 Å². The molecule has 0 amide bonds. The van der Waals surface area contributed by atoms with Gasteiger partial charge in [-0.25, -0.2) is 10.7 Å². The quantitative estimate of drug-likeness (QED) is 0.308. The van der Waals surface area contributed by atoms with Crippen molar-refractivity contribution in [3.8, 4) is 0 Å². The van der Waals surface area contributed by atoms with E-state index in [2.05, 4.69) is 10.7 Å². The van der Waals surface area contributed by atoms with Gasteiger partial charge in [0.05, 0.1) is 0 Å². The van der Waals surface area contributed by atoms with E-state index in [0.29, 0.717) is 0 Å². The zero-order valence-corrected chi connectivity index (χ0v) is 4.42. The Labute approximate surface area is 46.2 Å². The average Bonchev–Trinajstić information content (AvgIpc) is 1.67. The number of carbonyl (C=O) groups is 1. The molecule has 0 bridgehead atoms. The van der Waals surface area contributed by atoms with E-state index < -0.39 is 11.7 Å². The Bertz CT molecular complexity index is 101. The monoisotopic (exact) mass is 120 g/mol. The van der Waals surface area contributed by atoms with Crippen LogP contribution in [-0.2, 0) is 9.63 Å². The van der Waals surface area contributed by atoms with Crippen LogP contribution in [0.4, 0.5) is 0 Å². The van der Waals surface area contributed by atoms with Gasteiger partial charge >= 0.3 is 5.97 Å². The van der Waals surface area contributed by atoms with Crippen LogP contribution in [-0.4, -0.2) is 16.8 Å². The fraction of sp³-hybridized carbons (Fsp3) is 0.667.